The standard InChI is InChI=1S/C6HCl2N4S/c7-2-1-3(8)5-6(4(2)10-9)12-13-11-5/h1H/q+1. The van der Waals surface area contributed by atoms with Crippen LogP contribution in [0.4, 0.5) is 17.1 Å². The molecule has 1 aromatic carbocycles. The van der Waals surface area contributed by atoms with Gasteiger partial charge in [0.1, 0.15) is 10.7 Å². The van der Waals surface area contributed by atoms with Gasteiger partial charge in [0, 0.05) is 0 Å². The van der Waals surface area contributed by atoms with Gasteiger partial charge in [0.25, 0.3) is 0 Å². The van der Waals surface area contributed by atoms with Gasteiger partial charge in [-0.15, -0.1) is 0 Å². The van der Waals surface area contributed by atoms with Gasteiger partial charge in [-0.25, -0.2) is 0 Å². The number of hydrogen-bond donors (Lipinski definition) is 0. The maximum atomic E-state index is 8.66. The number of hydrogen-bond acceptors (Lipinski definition) is 3. The number of benzene rings is 1. The van der Waals surface area contributed by atoms with E-state index in [1.165, 1.54) is 6.07 Å². The Kier molecular flexibility index (Phi) is 2.04. The highest BCUT2D eigenvalue weighted by Crippen LogP contribution is 2.48. The van der Waals surface area contributed by atoms with Crippen LogP contribution in [0.5, 0.6) is 0 Å². The van der Waals surface area contributed by atoms with Crippen molar-refractivity contribution < 1.29 is 0 Å². The van der Waals surface area contributed by atoms with Gasteiger partial charge in [-0.1, -0.05) is 23.2 Å². The first kappa shape index (κ1) is 8.63. The van der Waals surface area contributed by atoms with E-state index in [0.717, 1.165) is 11.4 Å². The minimum absolute atomic E-state index is 0.204. The van der Waals surface area contributed by atoms with Crippen molar-refractivity contribution in [2.75, 3.05) is 0 Å². The molecule has 13 heavy (non-hydrogen) atoms. The molecule has 0 radical (unpaired) electrons. The predicted molar refractivity (Wildman–Crippen MR) is 52.7 cm³/mol. The molecule has 1 aromatic rings. The van der Waals surface area contributed by atoms with Crippen LogP contribution in [0.1, 0.15) is 0 Å². The van der Waals surface area contributed by atoms with Crippen molar-refractivity contribution in [1.29, 1.82) is 5.39 Å². The largest absolute Gasteiger partial charge is 0.432 e. The fourth-order valence-electron chi connectivity index (χ4n) is 0.957. The number of diazo groups is 1. The molecule has 0 saturated heterocycles. The van der Waals surface area contributed by atoms with Crippen molar-refractivity contribution in [1.82, 2.24) is 0 Å². The Hall–Kier alpha value is -0.960. The topological polar surface area (TPSA) is 52.9 Å². The molecule has 7 heteroatoms. The molecular weight excluding hydrogens is 231 g/mol. The third-order valence-corrected chi connectivity index (χ3v) is 2.62. The molecule has 1 aliphatic heterocycles. The lowest BCUT2D eigenvalue weighted by atomic mass is 10.2. The van der Waals surface area contributed by atoms with Crippen LogP contribution in [0, 0.1) is 5.39 Å². The molecule has 4 nitrogen and oxygen atoms in total. The molecule has 0 fully saturated rings. The first-order valence-electron chi connectivity index (χ1n) is 3.19. The van der Waals surface area contributed by atoms with E-state index in [4.69, 9.17) is 28.6 Å². The second kappa shape index (κ2) is 3.07. The molecule has 0 spiro atoms. The van der Waals surface area contributed by atoms with Crippen molar-refractivity contribution in [3.05, 3.63) is 21.1 Å². The maximum absolute atomic E-state index is 8.66. The van der Waals surface area contributed by atoms with Crippen LogP contribution < -0.4 is 0 Å². The highest BCUT2D eigenvalue weighted by Gasteiger charge is 2.27. The van der Waals surface area contributed by atoms with Crippen LogP contribution in [0.2, 0.25) is 10.0 Å². The van der Waals surface area contributed by atoms with E-state index in [0.29, 0.717) is 16.4 Å². The van der Waals surface area contributed by atoms with Crippen molar-refractivity contribution in [2.45, 2.75) is 0 Å². The molecular formula is C6HCl2N4S+. The lowest BCUT2D eigenvalue weighted by molar-refractivity contribution is 1.45. The summed E-state index contributed by atoms with van der Waals surface area (Å²) in [5, 5.41) is 9.32. The second-order valence-electron chi connectivity index (χ2n) is 2.25. The molecule has 0 aliphatic carbocycles. The maximum Gasteiger partial charge on any atom is 0.432 e. The van der Waals surface area contributed by atoms with E-state index in [1.807, 2.05) is 0 Å². The molecule has 0 unspecified atom stereocenters. The summed E-state index contributed by atoms with van der Waals surface area (Å²) in [6, 6.07) is 1.47. The summed E-state index contributed by atoms with van der Waals surface area (Å²) >= 11 is 12.6. The van der Waals surface area contributed by atoms with E-state index in [2.05, 4.69) is 13.7 Å². The van der Waals surface area contributed by atoms with E-state index in [9.17, 15) is 0 Å². The van der Waals surface area contributed by atoms with Crippen LogP contribution in [0.25, 0.3) is 4.98 Å². The van der Waals surface area contributed by atoms with Crippen LogP contribution >= 0.6 is 23.2 Å². The summed E-state index contributed by atoms with van der Waals surface area (Å²) in [4.78, 5) is 3.03. The minimum Gasteiger partial charge on any atom is -0.171 e. The molecule has 1 heterocycles. The van der Waals surface area contributed by atoms with Gasteiger partial charge >= 0.3 is 5.69 Å². The molecule has 64 valence electrons. The molecule has 0 saturated carbocycles. The van der Waals surface area contributed by atoms with Gasteiger partial charge in [0.15, 0.2) is 4.98 Å². The van der Waals surface area contributed by atoms with Crippen molar-refractivity contribution in [3.63, 3.8) is 0 Å². The Morgan fingerprint density at radius 1 is 1.23 bits per heavy atom. The SMILES string of the molecule is N#[N+]c1c(Cl)cc(Cl)c2c1N=S=N2. The van der Waals surface area contributed by atoms with E-state index in [-0.39, 0.29) is 10.7 Å². The highest BCUT2D eigenvalue weighted by molar-refractivity contribution is 7.58. The number of rotatable bonds is 0. The quantitative estimate of drug-likeness (QED) is 0.627. The Bertz CT molecular complexity index is 498. The van der Waals surface area contributed by atoms with Gasteiger partial charge in [-0.05, 0) is 6.07 Å². The zero-order chi connectivity index (χ0) is 9.42. The number of fused-ring (bicyclic) bond motifs is 1. The third-order valence-electron chi connectivity index (χ3n) is 1.52. The summed E-state index contributed by atoms with van der Waals surface area (Å²) in [6.07, 6.45) is 0. The lowest BCUT2D eigenvalue weighted by Gasteiger charge is -1.94. The Labute approximate surface area is 87.0 Å². The van der Waals surface area contributed by atoms with Gasteiger partial charge in [0.2, 0.25) is 11.1 Å². The zero-order valence-electron chi connectivity index (χ0n) is 6.03. The zero-order valence-corrected chi connectivity index (χ0v) is 8.36. The predicted octanol–water partition coefficient (Wildman–Crippen LogP) is 4.20. The Morgan fingerprint density at radius 3 is 2.62 bits per heavy atom. The van der Waals surface area contributed by atoms with Gasteiger partial charge in [0.05, 0.1) is 16.4 Å². The monoisotopic (exact) mass is 231 g/mol. The molecule has 2 rings (SSSR count). The summed E-state index contributed by atoms with van der Waals surface area (Å²) in [6.45, 7) is 0. The summed E-state index contributed by atoms with van der Waals surface area (Å²) in [7, 11) is 0. The van der Waals surface area contributed by atoms with Gasteiger partial charge in [-0.3, -0.25) is 0 Å². The highest BCUT2D eigenvalue weighted by atomic mass is 35.5. The summed E-state index contributed by atoms with van der Waals surface area (Å²) < 4.78 is 7.86. The van der Waals surface area contributed by atoms with Gasteiger partial charge in [-0.2, -0.15) is 8.73 Å². The molecule has 0 amide bonds. The average Bonchev–Trinajstić information content (AvgIpc) is 2.53. The summed E-state index contributed by atoms with van der Waals surface area (Å²) in [5.41, 5.74) is 1.13. The Morgan fingerprint density at radius 2 is 1.92 bits per heavy atom. The minimum atomic E-state index is 0.204. The second-order valence-corrected chi connectivity index (χ2v) is 3.59. The smallest absolute Gasteiger partial charge is 0.171 e. The van der Waals surface area contributed by atoms with Crippen LogP contribution in [-0.2, 0) is 11.4 Å². The summed E-state index contributed by atoms with van der Waals surface area (Å²) in [5.74, 6) is 0. The first-order chi connectivity index (χ1) is 6.24. The van der Waals surface area contributed by atoms with Crippen molar-refractivity contribution in [3.8, 4) is 0 Å². The molecule has 1 aliphatic rings. The molecule has 0 aromatic heterocycles. The van der Waals surface area contributed by atoms with Crippen LogP contribution in [0.3, 0.4) is 0 Å². The number of nitrogens with zero attached hydrogens (tertiary/aromatic N) is 4. The first-order valence-corrected chi connectivity index (χ1v) is 4.68. The fraction of sp³-hybridized carbons (Fsp3) is 0. The molecule has 0 N–H and O–H groups in total. The van der Waals surface area contributed by atoms with Crippen LogP contribution in [0.15, 0.2) is 14.8 Å². The lowest BCUT2D eigenvalue weighted by Crippen LogP contribution is -1.71. The van der Waals surface area contributed by atoms with Crippen LogP contribution in [-0.4, -0.2) is 0 Å². The van der Waals surface area contributed by atoms with Gasteiger partial charge < -0.3 is 0 Å². The Balaban J connectivity index is 2.84. The normalized spacial score (nSPS) is 12.1. The fourth-order valence-corrected chi connectivity index (χ4v) is 2.10. The molecule has 0 bridgehead atoms. The van der Waals surface area contributed by atoms with Crippen molar-refractivity contribution in [2.24, 2.45) is 8.73 Å². The van der Waals surface area contributed by atoms with E-state index < -0.39 is 0 Å². The third kappa shape index (κ3) is 1.23. The number of halogens is 2. The van der Waals surface area contributed by atoms with Crippen molar-refractivity contribution >= 4 is 51.6 Å². The van der Waals surface area contributed by atoms with E-state index in [1.54, 1.807) is 0 Å². The van der Waals surface area contributed by atoms with E-state index >= 15 is 0 Å². The average molecular weight is 232 g/mol. The molecule has 0 atom stereocenters.